The highest BCUT2D eigenvalue weighted by molar-refractivity contribution is 9.10. The van der Waals surface area contributed by atoms with Crippen LogP contribution in [-0.2, 0) is 0 Å². The highest BCUT2D eigenvalue weighted by Crippen LogP contribution is 2.40. The Morgan fingerprint density at radius 3 is 2.50 bits per heavy atom. The Bertz CT molecular complexity index is 510. The van der Waals surface area contributed by atoms with Gasteiger partial charge in [0.1, 0.15) is 0 Å². The van der Waals surface area contributed by atoms with Gasteiger partial charge < -0.3 is 0 Å². The molecule has 1 atom stereocenters. The largest absolute Gasteiger partial charge is 0.146 e. The monoisotopic (exact) mass is 398 g/mol. The van der Waals surface area contributed by atoms with Gasteiger partial charge >= 0.3 is 0 Å². The average Bonchev–Trinajstić information content (AvgIpc) is 2.63. The molecule has 2 rings (SSSR count). The molecule has 16 heavy (non-hydrogen) atoms. The second-order valence-corrected chi connectivity index (χ2v) is 6.72. The van der Waals surface area contributed by atoms with Gasteiger partial charge in [-0.15, -0.1) is 22.9 Å². The lowest BCUT2D eigenvalue weighted by Gasteiger charge is -2.11. The van der Waals surface area contributed by atoms with E-state index >= 15 is 0 Å². The van der Waals surface area contributed by atoms with Crippen LogP contribution in [0.25, 0.3) is 0 Å². The van der Waals surface area contributed by atoms with Crippen molar-refractivity contribution in [1.29, 1.82) is 0 Å². The van der Waals surface area contributed by atoms with Crippen LogP contribution in [0, 0.1) is 0 Å². The second-order valence-electron chi connectivity index (χ2n) is 3.16. The first-order valence-corrected chi connectivity index (χ1v) is 7.69. The molecule has 0 amide bonds. The van der Waals surface area contributed by atoms with E-state index in [0.717, 1.165) is 19.4 Å². The molecule has 2 aromatic rings. The number of halogens is 4. The normalized spacial score (nSPS) is 12.8. The van der Waals surface area contributed by atoms with Gasteiger partial charge in [0.15, 0.2) is 0 Å². The lowest BCUT2D eigenvalue weighted by Crippen LogP contribution is -1.92. The first-order valence-electron chi connectivity index (χ1n) is 4.41. The Hall–Kier alpha value is 0.460. The van der Waals surface area contributed by atoms with Gasteiger partial charge in [-0.25, -0.2) is 0 Å². The van der Waals surface area contributed by atoms with Gasteiger partial charge in [0.25, 0.3) is 0 Å². The SMILES string of the molecule is Clc1cc(Br)ccc1C(Cl)c1sccc1Br. The number of hydrogen-bond acceptors (Lipinski definition) is 1. The van der Waals surface area contributed by atoms with E-state index < -0.39 is 0 Å². The molecular weight excluding hydrogens is 395 g/mol. The van der Waals surface area contributed by atoms with Crippen LogP contribution in [0.2, 0.25) is 5.02 Å². The molecule has 1 heterocycles. The van der Waals surface area contributed by atoms with E-state index in [1.54, 1.807) is 11.3 Å². The molecule has 1 unspecified atom stereocenters. The van der Waals surface area contributed by atoms with Crippen LogP contribution in [0.1, 0.15) is 15.8 Å². The molecule has 0 N–H and O–H groups in total. The van der Waals surface area contributed by atoms with Crippen molar-refractivity contribution in [2.75, 3.05) is 0 Å². The molecule has 0 radical (unpaired) electrons. The van der Waals surface area contributed by atoms with E-state index in [2.05, 4.69) is 31.9 Å². The lowest BCUT2D eigenvalue weighted by atomic mass is 10.1. The van der Waals surface area contributed by atoms with Crippen molar-refractivity contribution >= 4 is 66.4 Å². The third kappa shape index (κ3) is 2.65. The average molecular weight is 401 g/mol. The Labute approximate surface area is 125 Å². The molecular formula is C11H6Br2Cl2S. The third-order valence-corrected chi connectivity index (χ3v) is 5.45. The maximum absolute atomic E-state index is 6.42. The maximum atomic E-state index is 6.42. The molecule has 1 aromatic carbocycles. The molecule has 0 aliphatic heterocycles. The predicted octanol–water partition coefficient (Wildman–Crippen LogP) is 6.25. The summed E-state index contributed by atoms with van der Waals surface area (Å²) in [5.41, 5.74) is 0.926. The molecule has 0 bridgehead atoms. The van der Waals surface area contributed by atoms with E-state index in [-0.39, 0.29) is 5.38 Å². The lowest BCUT2D eigenvalue weighted by molar-refractivity contribution is 1.17. The van der Waals surface area contributed by atoms with Crippen LogP contribution < -0.4 is 0 Å². The molecule has 0 aliphatic carbocycles. The van der Waals surface area contributed by atoms with Crippen molar-refractivity contribution in [2.45, 2.75) is 5.38 Å². The topological polar surface area (TPSA) is 0 Å². The number of hydrogen-bond donors (Lipinski definition) is 0. The molecule has 0 fully saturated rings. The number of alkyl halides is 1. The highest BCUT2D eigenvalue weighted by Gasteiger charge is 2.18. The first-order chi connectivity index (χ1) is 7.59. The number of rotatable bonds is 2. The predicted molar refractivity (Wildman–Crippen MR) is 78.9 cm³/mol. The van der Waals surface area contributed by atoms with Crippen LogP contribution in [0.5, 0.6) is 0 Å². The van der Waals surface area contributed by atoms with Gasteiger partial charge in [-0.3, -0.25) is 0 Å². The van der Waals surface area contributed by atoms with Gasteiger partial charge in [0.05, 0.1) is 5.38 Å². The first kappa shape index (κ1) is 12.9. The molecule has 0 saturated heterocycles. The molecule has 5 heteroatoms. The minimum atomic E-state index is -0.213. The second kappa shape index (κ2) is 5.40. The summed E-state index contributed by atoms with van der Waals surface area (Å²) < 4.78 is 1.98. The fraction of sp³-hybridized carbons (Fsp3) is 0.0909. The van der Waals surface area contributed by atoms with E-state index in [1.165, 1.54) is 0 Å². The van der Waals surface area contributed by atoms with Crippen LogP contribution in [0.15, 0.2) is 38.6 Å². The standard InChI is InChI=1S/C11H6Br2Cl2S/c12-6-1-2-7(9(14)5-6)10(15)11-8(13)3-4-16-11/h1-5,10H. The minimum absolute atomic E-state index is 0.213. The van der Waals surface area contributed by atoms with Crippen molar-refractivity contribution in [3.8, 4) is 0 Å². The van der Waals surface area contributed by atoms with Crippen LogP contribution in [-0.4, -0.2) is 0 Å². The van der Waals surface area contributed by atoms with Crippen molar-refractivity contribution in [3.05, 3.63) is 54.1 Å². The summed E-state index contributed by atoms with van der Waals surface area (Å²) in [5.74, 6) is 0. The summed E-state index contributed by atoms with van der Waals surface area (Å²) in [4.78, 5) is 1.07. The molecule has 0 saturated carbocycles. The summed E-state index contributed by atoms with van der Waals surface area (Å²) >= 11 is 21.1. The van der Waals surface area contributed by atoms with Crippen LogP contribution >= 0.6 is 66.4 Å². The summed E-state index contributed by atoms with van der Waals surface area (Å²) in [6.07, 6.45) is 0. The Morgan fingerprint density at radius 2 is 1.94 bits per heavy atom. The summed E-state index contributed by atoms with van der Waals surface area (Å²) in [6, 6.07) is 7.73. The Morgan fingerprint density at radius 1 is 1.19 bits per heavy atom. The van der Waals surface area contributed by atoms with Crippen molar-refractivity contribution in [3.63, 3.8) is 0 Å². The van der Waals surface area contributed by atoms with Crippen molar-refractivity contribution in [1.82, 2.24) is 0 Å². The maximum Gasteiger partial charge on any atom is 0.0953 e. The summed E-state index contributed by atoms with van der Waals surface area (Å²) in [6.45, 7) is 0. The molecule has 84 valence electrons. The van der Waals surface area contributed by atoms with E-state index in [0.29, 0.717) is 5.02 Å². The summed E-state index contributed by atoms with van der Waals surface area (Å²) in [7, 11) is 0. The molecule has 0 aliphatic rings. The summed E-state index contributed by atoms with van der Waals surface area (Å²) in [5, 5.41) is 2.46. The van der Waals surface area contributed by atoms with Crippen molar-refractivity contribution < 1.29 is 0 Å². The number of benzene rings is 1. The van der Waals surface area contributed by atoms with E-state index in [1.807, 2.05) is 29.6 Å². The third-order valence-electron chi connectivity index (χ3n) is 2.11. The van der Waals surface area contributed by atoms with Gasteiger partial charge in [0, 0.05) is 18.8 Å². The number of thiophene rings is 1. The highest BCUT2D eigenvalue weighted by atomic mass is 79.9. The van der Waals surface area contributed by atoms with Gasteiger partial charge in [-0.1, -0.05) is 33.6 Å². The van der Waals surface area contributed by atoms with E-state index in [4.69, 9.17) is 23.2 Å². The van der Waals surface area contributed by atoms with Gasteiger partial charge in [-0.2, -0.15) is 0 Å². The van der Waals surface area contributed by atoms with Crippen LogP contribution in [0.3, 0.4) is 0 Å². The van der Waals surface area contributed by atoms with Crippen LogP contribution in [0.4, 0.5) is 0 Å². The fourth-order valence-corrected chi connectivity index (χ4v) is 4.36. The van der Waals surface area contributed by atoms with Crippen molar-refractivity contribution in [2.24, 2.45) is 0 Å². The zero-order valence-electron chi connectivity index (χ0n) is 7.88. The molecule has 1 aromatic heterocycles. The Kier molecular flexibility index (Phi) is 4.36. The molecule has 0 spiro atoms. The Balaban J connectivity index is 2.41. The quantitative estimate of drug-likeness (QED) is 0.522. The van der Waals surface area contributed by atoms with Gasteiger partial charge in [0.2, 0.25) is 0 Å². The fourth-order valence-electron chi connectivity index (χ4n) is 1.33. The zero-order valence-corrected chi connectivity index (χ0v) is 13.4. The van der Waals surface area contributed by atoms with E-state index in [9.17, 15) is 0 Å². The smallest absolute Gasteiger partial charge is 0.0953 e. The minimum Gasteiger partial charge on any atom is -0.146 e. The molecule has 0 nitrogen and oxygen atoms in total. The zero-order chi connectivity index (χ0) is 11.7. The van der Waals surface area contributed by atoms with Gasteiger partial charge in [-0.05, 0) is 45.1 Å².